The van der Waals surface area contributed by atoms with Crippen molar-refractivity contribution in [2.45, 2.75) is 24.3 Å². The van der Waals surface area contributed by atoms with Crippen molar-refractivity contribution in [1.82, 2.24) is 0 Å². The van der Waals surface area contributed by atoms with Crippen LogP contribution in [0.2, 0.25) is 0 Å². The predicted molar refractivity (Wildman–Crippen MR) is 54.6 cm³/mol. The van der Waals surface area contributed by atoms with Crippen LogP contribution >= 0.6 is 0 Å². The SMILES string of the molecule is CC1Cc2cccc(S(N)(=O)=O)c2N1. The van der Waals surface area contributed by atoms with Crippen LogP contribution in [0.25, 0.3) is 0 Å². The first kappa shape index (κ1) is 9.48. The summed E-state index contributed by atoms with van der Waals surface area (Å²) in [5.74, 6) is 0. The number of hydrogen-bond donors (Lipinski definition) is 2. The molecule has 0 fully saturated rings. The van der Waals surface area contributed by atoms with Gasteiger partial charge < -0.3 is 5.32 Å². The summed E-state index contributed by atoms with van der Waals surface area (Å²) < 4.78 is 22.5. The summed E-state index contributed by atoms with van der Waals surface area (Å²) in [6.07, 6.45) is 0.846. The highest BCUT2D eigenvalue weighted by atomic mass is 32.2. The Morgan fingerprint density at radius 2 is 2.21 bits per heavy atom. The molecule has 0 aromatic heterocycles. The van der Waals surface area contributed by atoms with Crippen molar-refractivity contribution in [2.24, 2.45) is 5.14 Å². The predicted octanol–water partition coefficient (Wildman–Crippen LogP) is 0.691. The van der Waals surface area contributed by atoms with Gasteiger partial charge in [0.05, 0.1) is 5.69 Å². The molecule has 1 atom stereocenters. The lowest BCUT2D eigenvalue weighted by Gasteiger charge is -2.07. The third-order valence-electron chi connectivity index (χ3n) is 2.34. The van der Waals surface area contributed by atoms with E-state index in [1.807, 2.05) is 13.0 Å². The van der Waals surface area contributed by atoms with Gasteiger partial charge in [0.25, 0.3) is 0 Å². The molecule has 5 heteroatoms. The van der Waals surface area contributed by atoms with Crippen molar-refractivity contribution in [3.63, 3.8) is 0 Å². The lowest BCUT2D eigenvalue weighted by atomic mass is 10.1. The zero-order chi connectivity index (χ0) is 10.3. The minimum Gasteiger partial charge on any atom is -0.381 e. The summed E-state index contributed by atoms with van der Waals surface area (Å²) >= 11 is 0. The summed E-state index contributed by atoms with van der Waals surface area (Å²) in [6.45, 7) is 2.01. The van der Waals surface area contributed by atoms with Gasteiger partial charge in [0.15, 0.2) is 0 Å². The Morgan fingerprint density at radius 1 is 1.50 bits per heavy atom. The molecule has 1 aromatic rings. The fourth-order valence-electron chi connectivity index (χ4n) is 1.77. The van der Waals surface area contributed by atoms with Gasteiger partial charge in [0.1, 0.15) is 4.90 Å². The molecule has 0 saturated carbocycles. The standard InChI is InChI=1S/C9H12N2O2S/c1-6-5-7-3-2-4-8(9(7)11-6)14(10,12)13/h2-4,6,11H,5H2,1H3,(H2,10,12,13). The lowest BCUT2D eigenvalue weighted by molar-refractivity contribution is 0.598. The van der Waals surface area contributed by atoms with E-state index in [1.54, 1.807) is 6.07 Å². The van der Waals surface area contributed by atoms with Crippen molar-refractivity contribution in [1.29, 1.82) is 0 Å². The van der Waals surface area contributed by atoms with Crippen LogP contribution in [0.15, 0.2) is 23.1 Å². The van der Waals surface area contributed by atoms with Gasteiger partial charge in [-0.05, 0) is 25.0 Å². The second-order valence-corrected chi connectivity index (χ2v) is 5.11. The molecular weight excluding hydrogens is 200 g/mol. The van der Waals surface area contributed by atoms with Crippen molar-refractivity contribution < 1.29 is 8.42 Å². The number of anilines is 1. The van der Waals surface area contributed by atoms with Crippen molar-refractivity contribution in [2.75, 3.05) is 5.32 Å². The lowest BCUT2D eigenvalue weighted by Crippen LogP contribution is -2.15. The summed E-state index contributed by atoms with van der Waals surface area (Å²) in [7, 11) is -3.61. The average Bonchev–Trinajstić information content (AvgIpc) is 2.41. The van der Waals surface area contributed by atoms with Crippen LogP contribution in [0.3, 0.4) is 0 Å². The number of para-hydroxylation sites is 1. The highest BCUT2D eigenvalue weighted by molar-refractivity contribution is 7.89. The zero-order valence-corrected chi connectivity index (χ0v) is 8.64. The molecule has 1 aliphatic rings. The van der Waals surface area contributed by atoms with E-state index in [1.165, 1.54) is 6.07 Å². The fraction of sp³-hybridized carbons (Fsp3) is 0.333. The van der Waals surface area contributed by atoms with Crippen LogP contribution in [-0.4, -0.2) is 14.5 Å². The van der Waals surface area contributed by atoms with Crippen LogP contribution in [0.4, 0.5) is 5.69 Å². The number of fused-ring (bicyclic) bond motifs is 1. The Labute approximate surface area is 83.2 Å². The molecule has 0 radical (unpaired) electrons. The summed E-state index contributed by atoms with van der Waals surface area (Å²) in [5, 5.41) is 8.22. The first-order valence-electron chi connectivity index (χ1n) is 4.40. The van der Waals surface area contributed by atoms with E-state index in [2.05, 4.69) is 5.32 Å². The van der Waals surface area contributed by atoms with Gasteiger partial charge in [-0.2, -0.15) is 0 Å². The van der Waals surface area contributed by atoms with Crippen LogP contribution in [-0.2, 0) is 16.4 Å². The molecule has 1 aromatic carbocycles. The molecule has 2 rings (SSSR count). The maximum Gasteiger partial charge on any atom is 0.240 e. The molecule has 0 aliphatic carbocycles. The number of hydrogen-bond acceptors (Lipinski definition) is 3. The van der Waals surface area contributed by atoms with E-state index >= 15 is 0 Å². The summed E-state index contributed by atoms with van der Waals surface area (Å²) in [4.78, 5) is 0.194. The Bertz CT molecular complexity index is 468. The Balaban J connectivity index is 2.62. The number of benzene rings is 1. The minimum atomic E-state index is -3.61. The van der Waals surface area contributed by atoms with Gasteiger partial charge in [0, 0.05) is 6.04 Å². The highest BCUT2D eigenvalue weighted by Gasteiger charge is 2.23. The van der Waals surface area contributed by atoms with E-state index < -0.39 is 10.0 Å². The molecule has 0 spiro atoms. The number of rotatable bonds is 1. The molecule has 0 amide bonds. The molecule has 76 valence electrons. The third kappa shape index (κ3) is 1.49. The third-order valence-corrected chi connectivity index (χ3v) is 3.29. The van der Waals surface area contributed by atoms with Gasteiger partial charge in [-0.3, -0.25) is 0 Å². The second kappa shape index (κ2) is 2.96. The van der Waals surface area contributed by atoms with E-state index in [4.69, 9.17) is 5.14 Å². The van der Waals surface area contributed by atoms with Gasteiger partial charge in [0.2, 0.25) is 10.0 Å². The Hall–Kier alpha value is -1.07. The van der Waals surface area contributed by atoms with Crippen LogP contribution in [0.1, 0.15) is 12.5 Å². The van der Waals surface area contributed by atoms with Crippen molar-refractivity contribution >= 4 is 15.7 Å². The molecule has 0 saturated heterocycles. The molecule has 3 N–H and O–H groups in total. The molecule has 1 unspecified atom stereocenters. The molecule has 1 aliphatic heterocycles. The molecule has 14 heavy (non-hydrogen) atoms. The monoisotopic (exact) mass is 212 g/mol. The summed E-state index contributed by atoms with van der Waals surface area (Å²) in [5.41, 5.74) is 1.69. The van der Waals surface area contributed by atoms with Gasteiger partial charge in [-0.25, -0.2) is 13.6 Å². The van der Waals surface area contributed by atoms with Crippen LogP contribution in [0, 0.1) is 0 Å². The maximum atomic E-state index is 11.2. The van der Waals surface area contributed by atoms with E-state index in [0.29, 0.717) is 5.69 Å². The first-order valence-corrected chi connectivity index (χ1v) is 5.94. The maximum absolute atomic E-state index is 11.2. The smallest absolute Gasteiger partial charge is 0.240 e. The van der Waals surface area contributed by atoms with Gasteiger partial charge >= 0.3 is 0 Å². The number of sulfonamides is 1. The second-order valence-electron chi connectivity index (χ2n) is 3.58. The van der Waals surface area contributed by atoms with Crippen LogP contribution in [0.5, 0.6) is 0 Å². The largest absolute Gasteiger partial charge is 0.381 e. The van der Waals surface area contributed by atoms with Gasteiger partial charge in [-0.15, -0.1) is 0 Å². The molecule has 4 nitrogen and oxygen atoms in total. The number of nitrogens with one attached hydrogen (secondary N) is 1. The Morgan fingerprint density at radius 3 is 2.86 bits per heavy atom. The minimum absolute atomic E-state index is 0.194. The van der Waals surface area contributed by atoms with Gasteiger partial charge in [-0.1, -0.05) is 12.1 Å². The molecule has 1 heterocycles. The summed E-state index contributed by atoms with van der Waals surface area (Å²) in [6, 6.07) is 5.44. The first-order chi connectivity index (χ1) is 6.48. The van der Waals surface area contributed by atoms with E-state index in [9.17, 15) is 8.42 Å². The average molecular weight is 212 g/mol. The number of nitrogens with two attached hydrogens (primary N) is 1. The van der Waals surface area contributed by atoms with Crippen molar-refractivity contribution in [3.05, 3.63) is 23.8 Å². The Kier molecular flexibility index (Phi) is 2.01. The highest BCUT2D eigenvalue weighted by Crippen LogP contribution is 2.31. The topological polar surface area (TPSA) is 72.2 Å². The quantitative estimate of drug-likeness (QED) is 0.719. The van der Waals surface area contributed by atoms with E-state index in [0.717, 1.165) is 12.0 Å². The fourth-order valence-corrected chi connectivity index (χ4v) is 2.52. The molecule has 0 bridgehead atoms. The zero-order valence-electron chi connectivity index (χ0n) is 7.82. The van der Waals surface area contributed by atoms with Crippen LogP contribution < -0.4 is 10.5 Å². The normalized spacial score (nSPS) is 20.3. The number of primary sulfonamides is 1. The molecular formula is C9H12N2O2S. The van der Waals surface area contributed by atoms with Crippen molar-refractivity contribution in [3.8, 4) is 0 Å². The van der Waals surface area contributed by atoms with E-state index in [-0.39, 0.29) is 10.9 Å².